The van der Waals surface area contributed by atoms with Crippen molar-refractivity contribution in [2.45, 2.75) is 50.6 Å². The Hall–Kier alpha value is -2.53. The molecule has 8 nitrogen and oxygen atoms in total. The van der Waals surface area contributed by atoms with E-state index in [4.69, 9.17) is 0 Å². The molecule has 2 saturated heterocycles. The minimum absolute atomic E-state index is 0.0546. The number of carboxylic acid groups (broad SMARTS) is 1. The molecule has 1 amide bonds. The summed E-state index contributed by atoms with van der Waals surface area (Å²) in [6, 6.07) is 4.54. The number of carbonyl (C=O) groups excluding carboxylic acids is 1. The van der Waals surface area contributed by atoms with Gasteiger partial charge in [0.2, 0.25) is 5.91 Å². The van der Waals surface area contributed by atoms with Crippen LogP contribution in [0.5, 0.6) is 5.75 Å². The van der Waals surface area contributed by atoms with E-state index in [1.165, 1.54) is 23.1 Å². The van der Waals surface area contributed by atoms with E-state index in [2.05, 4.69) is 9.64 Å². The van der Waals surface area contributed by atoms with Crippen LogP contribution in [0.1, 0.15) is 32.1 Å². The van der Waals surface area contributed by atoms with Crippen LogP contribution in [-0.2, 0) is 9.59 Å². The summed E-state index contributed by atoms with van der Waals surface area (Å²) in [4.78, 5) is 30.0. The number of aliphatic hydroxyl groups is 1. The van der Waals surface area contributed by atoms with Crippen LogP contribution >= 0.6 is 0 Å². The van der Waals surface area contributed by atoms with Gasteiger partial charge < -0.3 is 29.6 Å². The Morgan fingerprint density at radius 2 is 1.94 bits per heavy atom. The SMILES string of the molecule is O=C(O)[C@H](CCN1CCC2(CC2)[C@H](O)C1)N1CCN(c2cccc(OC(F)(F)F)c2)CCC1=O. The highest BCUT2D eigenvalue weighted by Crippen LogP contribution is 2.53. The van der Waals surface area contributed by atoms with Crippen LogP contribution < -0.4 is 9.64 Å². The number of rotatable bonds is 7. The molecule has 3 fully saturated rings. The summed E-state index contributed by atoms with van der Waals surface area (Å²) in [5, 5.41) is 20.2. The summed E-state index contributed by atoms with van der Waals surface area (Å²) in [5.41, 5.74) is 0.537. The highest BCUT2D eigenvalue weighted by atomic mass is 19.4. The number of hydrogen-bond donors (Lipinski definition) is 2. The lowest BCUT2D eigenvalue weighted by Gasteiger charge is -2.37. The van der Waals surface area contributed by atoms with Crippen molar-refractivity contribution in [1.29, 1.82) is 0 Å². The topological polar surface area (TPSA) is 93.5 Å². The van der Waals surface area contributed by atoms with E-state index in [9.17, 15) is 33.0 Å². The van der Waals surface area contributed by atoms with Gasteiger partial charge in [0.15, 0.2) is 0 Å². The zero-order valence-corrected chi connectivity index (χ0v) is 18.8. The van der Waals surface area contributed by atoms with Crippen molar-refractivity contribution in [3.8, 4) is 5.75 Å². The molecule has 0 radical (unpaired) electrons. The van der Waals surface area contributed by atoms with Crippen molar-refractivity contribution < 1.29 is 37.7 Å². The molecule has 2 atom stereocenters. The van der Waals surface area contributed by atoms with E-state index in [1.54, 1.807) is 11.0 Å². The van der Waals surface area contributed by atoms with Crippen molar-refractivity contribution >= 4 is 17.6 Å². The zero-order chi connectivity index (χ0) is 24.5. The van der Waals surface area contributed by atoms with E-state index in [1.807, 2.05) is 0 Å². The van der Waals surface area contributed by atoms with E-state index in [-0.39, 0.29) is 49.5 Å². The molecule has 0 unspecified atom stereocenters. The minimum atomic E-state index is -4.80. The third-order valence-corrected chi connectivity index (χ3v) is 7.28. The van der Waals surface area contributed by atoms with E-state index < -0.39 is 24.5 Å². The number of carbonyl (C=O) groups is 2. The van der Waals surface area contributed by atoms with E-state index in [0.717, 1.165) is 25.8 Å². The molecular formula is C23H30F3N3O5. The maximum atomic E-state index is 12.8. The van der Waals surface area contributed by atoms with Crippen LogP contribution in [0.4, 0.5) is 18.9 Å². The summed E-state index contributed by atoms with van der Waals surface area (Å²) in [6.45, 7) is 2.49. The number of amides is 1. The number of alkyl halides is 3. The number of β-amino-alcohol motifs (C(OH)–C–C–N with tert-alkyl or cyclic N) is 1. The summed E-state index contributed by atoms with van der Waals surface area (Å²) < 4.78 is 41.7. The number of likely N-dealkylation sites (tertiary alicyclic amines) is 1. The van der Waals surface area contributed by atoms with Gasteiger partial charge in [-0.2, -0.15) is 0 Å². The first kappa shape index (κ1) is 24.6. The average molecular weight is 486 g/mol. The fourth-order valence-corrected chi connectivity index (χ4v) is 5.05. The second-order valence-corrected chi connectivity index (χ2v) is 9.44. The Labute approximate surface area is 195 Å². The Balaban J connectivity index is 1.37. The van der Waals surface area contributed by atoms with Crippen LogP contribution in [0.25, 0.3) is 0 Å². The zero-order valence-electron chi connectivity index (χ0n) is 18.8. The first-order valence-corrected chi connectivity index (χ1v) is 11.6. The van der Waals surface area contributed by atoms with Crippen molar-refractivity contribution in [3.05, 3.63) is 24.3 Å². The molecular weight excluding hydrogens is 455 g/mol. The summed E-state index contributed by atoms with van der Waals surface area (Å²) in [7, 11) is 0. The Morgan fingerprint density at radius 3 is 2.59 bits per heavy atom. The van der Waals surface area contributed by atoms with Gasteiger partial charge in [0, 0.05) is 50.9 Å². The normalized spacial score (nSPS) is 24.1. The maximum absolute atomic E-state index is 12.8. The van der Waals surface area contributed by atoms with Gasteiger partial charge in [0.1, 0.15) is 11.8 Å². The Bertz CT molecular complexity index is 908. The van der Waals surface area contributed by atoms with Crippen LogP contribution in [-0.4, -0.2) is 89.7 Å². The number of halogens is 3. The number of anilines is 1. The van der Waals surface area contributed by atoms with Gasteiger partial charge in [-0.1, -0.05) is 6.07 Å². The molecule has 2 aliphatic heterocycles. The number of benzene rings is 1. The van der Waals surface area contributed by atoms with Crippen LogP contribution in [0.3, 0.4) is 0 Å². The van der Waals surface area contributed by atoms with Gasteiger partial charge in [-0.15, -0.1) is 13.2 Å². The molecule has 1 aromatic rings. The molecule has 4 rings (SSSR count). The third kappa shape index (κ3) is 5.75. The van der Waals surface area contributed by atoms with Gasteiger partial charge >= 0.3 is 12.3 Å². The smallest absolute Gasteiger partial charge is 0.480 e. The molecule has 11 heteroatoms. The second kappa shape index (κ2) is 9.61. The predicted molar refractivity (Wildman–Crippen MR) is 116 cm³/mol. The third-order valence-electron chi connectivity index (χ3n) is 7.28. The number of aliphatic hydroxyl groups excluding tert-OH is 1. The molecule has 2 N–H and O–H groups in total. The molecule has 1 saturated carbocycles. The summed E-state index contributed by atoms with van der Waals surface area (Å²) in [5.74, 6) is -1.73. The number of carboxylic acids is 1. The second-order valence-electron chi connectivity index (χ2n) is 9.44. The number of nitrogens with zero attached hydrogens (tertiary/aromatic N) is 3. The van der Waals surface area contributed by atoms with Crippen LogP contribution in [0, 0.1) is 5.41 Å². The van der Waals surface area contributed by atoms with E-state index >= 15 is 0 Å². The molecule has 3 aliphatic rings. The molecule has 0 bridgehead atoms. The monoisotopic (exact) mass is 485 g/mol. The van der Waals surface area contributed by atoms with Gasteiger partial charge in [0.05, 0.1) is 6.10 Å². The maximum Gasteiger partial charge on any atom is 0.573 e. The molecule has 1 spiro atoms. The van der Waals surface area contributed by atoms with Crippen molar-refractivity contribution in [2.75, 3.05) is 44.2 Å². The van der Waals surface area contributed by atoms with Gasteiger partial charge in [-0.25, -0.2) is 4.79 Å². The quantitative estimate of drug-likeness (QED) is 0.612. The van der Waals surface area contributed by atoms with E-state index in [0.29, 0.717) is 18.8 Å². The molecule has 2 heterocycles. The standard InChI is InChI=1S/C23H30F3N3O5/c24-23(25,26)34-17-3-1-2-16(14-17)28-10-5-20(31)29(13-12-28)18(21(32)33)4-9-27-11-8-22(6-7-22)19(30)15-27/h1-3,14,18-19,30H,4-13,15H2,(H,32,33)/t18-,19+/m0/s1. The van der Waals surface area contributed by atoms with Crippen LogP contribution in [0.15, 0.2) is 24.3 Å². The van der Waals surface area contributed by atoms with Crippen molar-refractivity contribution in [2.24, 2.45) is 5.41 Å². The summed E-state index contributed by atoms with van der Waals surface area (Å²) >= 11 is 0. The number of piperidine rings is 1. The molecule has 1 aliphatic carbocycles. The van der Waals surface area contributed by atoms with Crippen LogP contribution in [0.2, 0.25) is 0 Å². The fourth-order valence-electron chi connectivity index (χ4n) is 5.05. The lowest BCUT2D eigenvalue weighted by atomic mass is 9.90. The first-order valence-electron chi connectivity index (χ1n) is 11.6. The molecule has 1 aromatic carbocycles. The van der Waals surface area contributed by atoms with Gasteiger partial charge in [-0.05, 0) is 49.8 Å². The highest BCUT2D eigenvalue weighted by Gasteiger charge is 2.51. The van der Waals surface area contributed by atoms with Gasteiger partial charge in [-0.3, -0.25) is 4.79 Å². The number of ether oxygens (including phenoxy) is 1. The molecule has 0 aromatic heterocycles. The van der Waals surface area contributed by atoms with Crippen molar-refractivity contribution in [3.63, 3.8) is 0 Å². The fraction of sp³-hybridized carbons (Fsp3) is 0.652. The largest absolute Gasteiger partial charge is 0.573 e. The Kier molecular flexibility index (Phi) is 6.95. The Morgan fingerprint density at radius 1 is 1.18 bits per heavy atom. The number of hydrogen-bond acceptors (Lipinski definition) is 6. The molecule has 34 heavy (non-hydrogen) atoms. The number of aliphatic carboxylic acids is 1. The van der Waals surface area contributed by atoms with Crippen molar-refractivity contribution in [1.82, 2.24) is 9.80 Å². The summed E-state index contributed by atoms with van der Waals surface area (Å²) in [6.07, 6.45) is -1.90. The average Bonchev–Trinajstić information content (AvgIpc) is 3.56. The van der Waals surface area contributed by atoms with Gasteiger partial charge in [0.25, 0.3) is 0 Å². The minimum Gasteiger partial charge on any atom is -0.480 e. The molecule has 188 valence electrons. The lowest BCUT2D eigenvalue weighted by Crippen LogP contribution is -2.50. The lowest BCUT2D eigenvalue weighted by molar-refractivity contribution is -0.274. The first-order chi connectivity index (χ1) is 16.1. The predicted octanol–water partition coefficient (Wildman–Crippen LogP) is 2.31. The highest BCUT2D eigenvalue weighted by molar-refractivity contribution is 5.84.